The second-order valence-corrected chi connectivity index (χ2v) is 4.52. The van der Waals surface area contributed by atoms with Crippen LogP contribution in [0.15, 0.2) is 70.6 Å². The SMILES string of the molecule is O=c1[nH]cnc2ccccc12.O=c1ncc2ccccc2[nH]1. The number of H-pyrrole nitrogens is 2. The zero-order chi connectivity index (χ0) is 15.4. The number of hydrogen-bond acceptors (Lipinski definition) is 4. The Morgan fingerprint density at radius 3 is 2.50 bits per heavy atom. The molecule has 0 spiro atoms. The Balaban J connectivity index is 0.000000131. The molecule has 0 amide bonds. The first kappa shape index (κ1) is 13.7. The minimum Gasteiger partial charge on any atom is -0.313 e. The molecule has 6 nitrogen and oxygen atoms in total. The topological polar surface area (TPSA) is 91.5 Å². The van der Waals surface area contributed by atoms with Crippen LogP contribution in [-0.2, 0) is 0 Å². The minimum absolute atomic E-state index is 0.0874. The zero-order valence-electron chi connectivity index (χ0n) is 11.5. The molecule has 0 aliphatic rings. The smallest absolute Gasteiger partial charge is 0.313 e. The predicted molar refractivity (Wildman–Crippen MR) is 84.7 cm³/mol. The maximum atomic E-state index is 11.1. The molecule has 0 fully saturated rings. The van der Waals surface area contributed by atoms with Crippen LogP contribution in [0.4, 0.5) is 0 Å². The van der Waals surface area contributed by atoms with Gasteiger partial charge < -0.3 is 9.97 Å². The van der Waals surface area contributed by atoms with Gasteiger partial charge in [0.15, 0.2) is 0 Å². The van der Waals surface area contributed by atoms with Crippen molar-refractivity contribution in [2.24, 2.45) is 0 Å². The molecular formula is C16H12N4O2. The number of aromatic nitrogens is 4. The van der Waals surface area contributed by atoms with Crippen molar-refractivity contribution in [2.45, 2.75) is 0 Å². The molecule has 4 rings (SSSR count). The van der Waals surface area contributed by atoms with Crippen molar-refractivity contribution in [3.05, 3.63) is 81.9 Å². The summed E-state index contributed by atoms with van der Waals surface area (Å²) in [6.07, 6.45) is 2.97. The van der Waals surface area contributed by atoms with E-state index in [0.29, 0.717) is 5.39 Å². The van der Waals surface area contributed by atoms with E-state index in [-0.39, 0.29) is 11.2 Å². The molecule has 2 N–H and O–H groups in total. The van der Waals surface area contributed by atoms with Gasteiger partial charge in [0.2, 0.25) is 0 Å². The quantitative estimate of drug-likeness (QED) is 0.517. The molecule has 108 valence electrons. The molecule has 0 radical (unpaired) electrons. The van der Waals surface area contributed by atoms with Crippen molar-refractivity contribution in [2.75, 3.05) is 0 Å². The van der Waals surface area contributed by atoms with Crippen LogP contribution >= 0.6 is 0 Å². The molecular weight excluding hydrogens is 280 g/mol. The number of para-hydroxylation sites is 2. The number of rotatable bonds is 0. The molecule has 0 unspecified atom stereocenters. The fourth-order valence-electron chi connectivity index (χ4n) is 2.02. The lowest BCUT2D eigenvalue weighted by molar-refractivity contribution is 1.12. The highest BCUT2D eigenvalue weighted by Crippen LogP contribution is 2.05. The maximum absolute atomic E-state index is 11.1. The molecule has 0 bridgehead atoms. The standard InChI is InChI=1S/2C8H6N2O/c11-8-6-3-1-2-4-7(6)9-5-10-8;11-8-9-5-6-3-1-2-4-7(6)10-8/h2*1-5H,(H,9,10,11). The summed E-state index contributed by atoms with van der Waals surface area (Å²) in [5.41, 5.74) is 1.17. The number of nitrogens with zero attached hydrogens (tertiary/aromatic N) is 2. The molecule has 0 saturated heterocycles. The molecule has 6 heteroatoms. The Morgan fingerprint density at radius 1 is 0.864 bits per heavy atom. The molecule has 2 heterocycles. The zero-order valence-corrected chi connectivity index (χ0v) is 11.5. The highest BCUT2D eigenvalue weighted by atomic mass is 16.1. The lowest BCUT2D eigenvalue weighted by Crippen LogP contribution is -2.07. The van der Waals surface area contributed by atoms with Crippen molar-refractivity contribution >= 4 is 21.8 Å². The largest absolute Gasteiger partial charge is 0.345 e. The van der Waals surface area contributed by atoms with Crippen molar-refractivity contribution < 1.29 is 0 Å². The first-order chi connectivity index (χ1) is 10.7. The summed E-state index contributed by atoms with van der Waals surface area (Å²) in [6.45, 7) is 0. The van der Waals surface area contributed by atoms with Crippen LogP contribution in [0.1, 0.15) is 0 Å². The van der Waals surface area contributed by atoms with Crippen LogP contribution in [0, 0.1) is 0 Å². The van der Waals surface area contributed by atoms with Crippen molar-refractivity contribution in [3.8, 4) is 0 Å². The summed E-state index contributed by atoms with van der Waals surface area (Å²) in [6, 6.07) is 14.8. The lowest BCUT2D eigenvalue weighted by Gasteiger charge is -1.92. The fourth-order valence-corrected chi connectivity index (χ4v) is 2.02. The van der Waals surface area contributed by atoms with E-state index < -0.39 is 0 Å². The number of aromatic amines is 2. The molecule has 4 aromatic rings. The van der Waals surface area contributed by atoms with Gasteiger partial charge in [-0.2, -0.15) is 0 Å². The van der Waals surface area contributed by atoms with Gasteiger partial charge in [0.25, 0.3) is 5.56 Å². The van der Waals surface area contributed by atoms with Crippen LogP contribution in [-0.4, -0.2) is 19.9 Å². The third kappa shape index (κ3) is 2.90. The van der Waals surface area contributed by atoms with Gasteiger partial charge >= 0.3 is 5.69 Å². The Morgan fingerprint density at radius 2 is 1.64 bits per heavy atom. The molecule has 0 atom stereocenters. The molecule has 0 aliphatic carbocycles. The average Bonchev–Trinajstić information content (AvgIpc) is 2.56. The number of nitrogens with one attached hydrogen (secondary N) is 2. The molecule has 0 saturated carbocycles. The van der Waals surface area contributed by atoms with E-state index in [9.17, 15) is 9.59 Å². The first-order valence-corrected chi connectivity index (χ1v) is 6.60. The average molecular weight is 292 g/mol. The molecule has 22 heavy (non-hydrogen) atoms. The Kier molecular flexibility index (Phi) is 3.74. The van der Waals surface area contributed by atoms with E-state index in [4.69, 9.17) is 0 Å². The summed E-state index contributed by atoms with van der Waals surface area (Å²) in [5.74, 6) is 0. The van der Waals surface area contributed by atoms with Crippen LogP contribution in [0.25, 0.3) is 21.8 Å². The minimum atomic E-state index is -0.302. The molecule has 2 aromatic heterocycles. The van der Waals surface area contributed by atoms with Gasteiger partial charge in [0.05, 0.1) is 22.7 Å². The molecule has 2 aromatic carbocycles. The monoisotopic (exact) mass is 292 g/mol. The number of fused-ring (bicyclic) bond motifs is 2. The van der Waals surface area contributed by atoms with Crippen LogP contribution < -0.4 is 11.2 Å². The lowest BCUT2D eigenvalue weighted by atomic mass is 10.2. The van der Waals surface area contributed by atoms with Crippen LogP contribution in [0.2, 0.25) is 0 Å². The second-order valence-electron chi connectivity index (χ2n) is 4.52. The van der Waals surface area contributed by atoms with Gasteiger partial charge in [-0.05, 0) is 18.2 Å². The van der Waals surface area contributed by atoms with Crippen LogP contribution in [0.5, 0.6) is 0 Å². The Hall–Kier alpha value is -3.28. The highest BCUT2D eigenvalue weighted by Gasteiger charge is 1.94. The van der Waals surface area contributed by atoms with E-state index in [0.717, 1.165) is 16.4 Å². The first-order valence-electron chi connectivity index (χ1n) is 6.60. The summed E-state index contributed by atoms with van der Waals surface area (Å²) in [5, 5.41) is 1.59. The fraction of sp³-hybridized carbons (Fsp3) is 0. The van der Waals surface area contributed by atoms with Gasteiger partial charge in [0, 0.05) is 11.6 Å². The van der Waals surface area contributed by atoms with Crippen LogP contribution in [0.3, 0.4) is 0 Å². The van der Waals surface area contributed by atoms with E-state index >= 15 is 0 Å². The van der Waals surface area contributed by atoms with E-state index in [2.05, 4.69) is 19.9 Å². The van der Waals surface area contributed by atoms with E-state index in [1.807, 2.05) is 42.5 Å². The summed E-state index contributed by atoms with van der Waals surface area (Å²) in [4.78, 5) is 34.5. The van der Waals surface area contributed by atoms with Gasteiger partial charge in [-0.3, -0.25) is 4.79 Å². The normalized spacial score (nSPS) is 10.2. The van der Waals surface area contributed by atoms with Crippen molar-refractivity contribution in [1.29, 1.82) is 0 Å². The molecule has 0 aliphatic heterocycles. The number of hydrogen-bond donors (Lipinski definition) is 2. The summed E-state index contributed by atoms with van der Waals surface area (Å²) >= 11 is 0. The van der Waals surface area contributed by atoms with Crippen molar-refractivity contribution in [3.63, 3.8) is 0 Å². The van der Waals surface area contributed by atoms with Gasteiger partial charge in [0.1, 0.15) is 0 Å². The van der Waals surface area contributed by atoms with Gasteiger partial charge in [-0.25, -0.2) is 14.8 Å². The second kappa shape index (κ2) is 6.01. The van der Waals surface area contributed by atoms with Gasteiger partial charge in [-0.15, -0.1) is 0 Å². The van der Waals surface area contributed by atoms with E-state index in [1.54, 1.807) is 12.3 Å². The maximum Gasteiger partial charge on any atom is 0.345 e. The summed E-state index contributed by atoms with van der Waals surface area (Å²) < 4.78 is 0. The third-order valence-corrected chi connectivity index (χ3v) is 3.07. The van der Waals surface area contributed by atoms with E-state index in [1.165, 1.54) is 6.33 Å². The Bertz CT molecular complexity index is 1030. The van der Waals surface area contributed by atoms with Crippen molar-refractivity contribution in [1.82, 2.24) is 19.9 Å². The van der Waals surface area contributed by atoms with Gasteiger partial charge in [-0.1, -0.05) is 30.3 Å². The summed E-state index contributed by atoms with van der Waals surface area (Å²) in [7, 11) is 0. The third-order valence-electron chi connectivity index (χ3n) is 3.07. The predicted octanol–water partition coefficient (Wildman–Crippen LogP) is 1.85. The Labute approximate surface area is 124 Å². The highest BCUT2D eigenvalue weighted by molar-refractivity contribution is 5.77. The number of benzene rings is 2.